The molecular formula is C12H17NO4S2. The summed E-state index contributed by atoms with van der Waals surface area (Å²) >= 11 is 1.25. The first-order valence-corrected chi connectivity index (χ1v) is 8.42. The Morgan fingerprint density at radius 3 is 2.68 bits per heavy atom. The van der Waals surface area contributed by atoms with Gasteiger partial charge in [0.1, 0.15) is 9.99 Å². The van der Waals surface area contributed by atoms with Crippen molar-refractivity contribution in [2.45, 2.75) is 24.0 Å². The molecule has 0 aliphatic carbocycles. The van der Waals surface area contributed by atoms with E-state index in [0.29, 0.717) is 43.4 Å². The van der Waals surface area contributed by atoms with Crippen molar-refractivity contribution in [3.63, 3.8) is 0 Å². The number of carbonyl (C=O) groups excluding carboxylic acids is 1. The maximum Gasteiger partial charge on any atom is 0.252 e. The number of thiophene rings is 1. The second-order valence-corrected chi connectivity index (χ2v) is 7.77. The molecule has 106 valence electrons. The van der Waals surface area contributed by atoms with Crippen molar-refractivity contribution in [1.29, 1.82) is 0 Å². The van der Waals surface area contributed by atoms with Crippen LogP contribution in [-0.4, -0.2) is 44.8 Å². The van der Waals surface area contributed by atoms with E-state index in [1.165, 1.54) is 15.6 Å². The molecule has 0 bridgehead atoms. The monoisotopic (exact) mass is 303 g/mol. The van der Waals surface area contributed by atoms with E-state index in [0.717, 1.165) is 4.88 Å². The van der Waals surface area contributed by atoms with Gasteiger partial charge in [0.05, 0.1) is 13.2 Å². The number of hydrogen-bond acceptors (Lipinski definition) is 5. The van der Waals surface area contributed by atoms with Gasteiger partial charge in [-0.1, -0.05) is 0 Å². The van der Waals surface area contributed by atoms with Crippen LogP contribution in [0.2, 0.25) is 0 Å². The largest absolute Gasteiger partial charge is 0.379 e. The van der Waals surface area contributed by atoms with Gasteiger partial charge in [0, 0.05) is 24.4 Å². The Balaban J connectivity index is 2.10. The van der Waals surface area contributed by atoms with Crippen molar-refractivity contribution in [2.24, 2.45) is 0 Å². The molecular weight excluding hydrogens is 286 g/mol. The minimum Gasteiger partial charge on any atom is -0.379 e. The van der Waals surface area contributed by atoms with Crippen molar-refractivity contribution in [3.05, 3.63) is 17.0 Å². The highest BCUT2D eigenvalue weighted by Crippen LogP contribution is 2.26. The fraction of sp³-hybridized carbons (Fsp3) is 0.583. The number of hydrogen-bond donors (Lipinski definition) is 0. The Hall–Kier alpha value is -0.760. The summed E-state index contributed by atoms with van der Waals surface area (Å²) in [5.74, 6) is 0.117. The summed E-state index contributed by atoms with van der Waals surface area (Å²) in [5.41, 5.74) is 0. The first-order valence-electron chi connectivity index (χ1n) is 6.16. The highest BCUT2D eigenvalue weighted by molar-refractivity contribution is 7.91. The maximum absolute atomic E-state index is 12.4. The van der Waals surface area contributed by atoms with Gasteiger partial charge >= 0.3 is 0 Å². The van der Waals surface area contributed by atoms with E-state index in [2.05, 4.69) is 0 Å². The summed E-state index contributed by atoms with van der Waals surface area (Å²) in [4.78, 5) is 11.9. The third kappa shape index (κ3) is 3.62. The highest BCUT2D eigenvalue weighted by atomic mass is 32.2. The van der Waals surface area contributed by atoms with Crippen LogP contribution in [0.25, 0.3) is 0 Å². The predicted octanol–water partition coefficient (Wildman–Crippen LogP) is 1.29. The second-order valence-electron chi connectivity index (χ2n) is 4.44. The van der Waals surface area contributed by atoms with Gasteiger partial charge in [0.2, 0.25) is 0 Å². The molecule has 7 heteroatoms. The molecule has 0 saturated carbocycles. The van der Waals surface area contributed by atoms with Crippen molar-refractivity contribution in [2.75, 3.05) is 26.3 Å². The number of ether oxygens (including phenoxy) is 1. The van der Waals surface area contributed by atoms with E-state index in [1.807, 2.05) is 0 Å². The van der Waals surface area contributed by atoms with Crippen LogP contribution in [0.1, 0.15) is 18.2 Å². The van der Waals surface area contributed by atoms with Crippen LogP contribution in [0.5, 0.6) is 0 Å². The van der Waals surface area contributed by atoms with Crippen LogP contribution in [-0.2, 0) is 26.0 Å². The topological polar surface area (TPSA) is 63.7 Å². The average molecular weight is 303 g/mol. The van der Waals surface area contributed by atoms with Crippen LogP contribution in [0, 0.1) is 0 Å². The van der Waals surface area contributed by atoms with Crippen LogP contribution in [0.15, 0.2) is 16.3 Å². The van der Waals surface area contributed by atoms with E-state index >= 15 is 0 Å². The van der Waals surface area contributed by atoms with E-state index in [1.54, 1.807) is 19.1 Å². The van der Waals surface area contributed by atoms with E-state index < -0.39 is 10.0 Å². The van der Waals surface area contributed by atoms with Gasteiger partial charge in [-0.15, -0.1) is 11.3 Å². The molecule has 0 atom stereocenters. The summed E-state index contributed by atoms with van der Waals surface area (Å²) in [6, 6.07) is 3.42. The molecule has 1 aliphatic rings. The molecule has 1 aromatic heterocycles. The molecule has 0 radical (unpaired) electrons. The molecule has 0 unspecified atom stereocenters. The van der Waals surface area contributed by atoms with Crippen LogP contribution in [0.3, 0.4) is 0 Å². The van der Waals surface area contributed by atoms with Crippen LogP contribution in [0.4, 0.5) is 0 Å². The van der Waals surface area contributed by atoms with Crippen molar-refractivity contribution < 1.29 is 17.9 Å². The summed E-state index contributed by atoms with van der Waals surface area (Å²) in [7, 11) is -3.39. The molecule has 0 N–H and O–H groups in total. The molecule has 0 aromatic carbocycles. The number of Topliss-reactive ketones (excluding diaryl/α,β-unsaturated/α-hetero) is 1. The number of aryl methyl sites for hydroxylation is 1. The van der Waals surface area contributed by atoms with Gasteiger partial charge in [0.25, 0.3) is 10.0 Å². The second kappa shape index (κ2) is 6.13. The predicted molar refractivity (Wildman–Crippen MR) is 72.9 cm³/mol. The standard InChI is InChI=1S/C12H17NO4S2/c1-10(14)2-3-11-4-5-12(18-11)19(15,16)13-6-8-17-9-7-13/h4-5H,2-3,6-9H2,1H3. The third-order valence-electron chi connectivity index (χ3n) is 2.92. The van der Waals surface area contributed by atoms with Gasteiger partial charge < -0.3 is 9.53 Å². The average Bonchev–Trinajstić information content (AvgIpc) is 2.87. The summed E-state index contributed by atoms with van der Waals surface area (Å²) in [6.07, 6.45) is 1.07. The quantitative estimate of drug-likeness (QED) is 0.822. The smallest absolute Gasteiger partial charge is 0.252 e. The zero-order valence-electron chi connectivity index (χ0n) is 10.8. The summed E-state index contributed by atoms with van der Waals surface area (Å²) in [5, 5.41) is 0. The third-order valence-corrected chi connectivity index (χ3v) is 6.44. The van der Waals surface area contributed by atoms with Crippen LogP contribution < -0.4 is 0 Å². The maximum atomic E-state index is 12.4. The van der Waals surface area contributed by atoms with Crippen molar-refractivity contribution in [3.8, 4) is 0 Å². The fourth-order valence-corrected chi connectivity index (χ4v) is 4.76. The van der Waals surface area contributed by atoms with E-state index in [4.69, 9.17) is 4.74 Å². The molecule has 1 saturated heterocycles. The zero-order valence-corrected chi connectivity index (χ0v) is 12.4. The molecule has 1 fully saturated rings. The highest BCUT2D eigenvalue weighted by Gasteiger charge is 2.27. The molecule has 1 aromatic rings. The lowest BCUT2D eigenvalue weighted by Gasteiger charge is -2.25. The Kier molecular flexibility index (Phi) is 4.72. The summed E-state index contributed by atoms with van der Waals surface area (Å²) < 4.78 is 31.7. The van der Waals surface area contributed by atoms with Crippen molar-refractivity contribution in [1.82, 2.24) is 4.31 Å². The Labute approximate surface area is 117 Å². The van der Waals surface area contributed by atoms with Gasteiger partial charge in [0.15, 0.2) is 0 Å². The number of carbonyl (C=O) groups is 1. The molecule has 1 aliphatic heterocycles. The van der Waals surface area contributed by atoms with E-state index in [9.17, 15) is 13.2 Å². The lowest BCUT2D eigenvalue weighted by molar-refractivity contribution is -0.116. The number of morpholine rings is 1. The normalized spacial score (nSPS) is 17.5. The van der Waals surface area contributed by atoms with Gasteiger partial charge in [-0.3, -0.25) is 0 Å². The minimum atomic E-state index is -3.39. The fourth-order valence-electron chi connectivity index (χ4n) is 1.84. The minimum absolute atomic E-state index is 0.117. The lowest BCUT2D eigenvalue weighted by atomic mass is 10.2. The Morgan fingerprint density at radius 2 is 2.05 bits per heavy atom. The van der Waals surface area contributed by atoms with Gasteiger partial charge in [-0.25, -0.2) is 8.42 Å². The zero-order chi connectivity index (χ0) is 13.9. The molecule has 0 amide bonds. The van der Waals surface area contributed by atoms with Gasteiger partial charge in [-0.2, -0.15) is 4.31 Å². The number of sulfonamides is 1. The molecule has 19 heavy (non-hydrogen) atoms. The number of nitrogens with zero attached hydrogens (tertiary/aromatic N) is 1. The van der Waals surface area contributed by atoms with Gasteiger partial charge in [-0.05, 0) is 25.5 Å². The van der Waals surface area contributed by atoms with Crippen LogP contribution >= 0.6 is 11.3 Å². The molecule has 5 nitrogen and oxygen atoms in total. The molecule has 2 rings (SSSR count). The first-order chi connectivity index (χ1) is 9.00. The number of rotatable bonds is 5. The molecule has 2 heterocycles. The Bertz CT molecular complexity index is 544. The van der Waals surface area contributed by atoms with E-state index in [-0.39, 0.29) is 5.78 Å². The lowest BCUT2D eigenvalue weighted by Crippen LogP contribution is -2.40. The summed E-state index contributed by atoms with van der Waals surface area (Å²) in [6.45, 7) is 3.24. The SMILES string of the molecule is CC(=O)CCc1ccc(S(=O)(=O)N2CCOCC2)s1. The molecule has 0 spiro atoms. The van der Waals surface area contributed by atoms with Crippen molar-refractivity contribution >= 4 is 27.1 Å². The number of ketones is 1. The Morgan fingerprint density at radius 1 is 1.37 bits per heavy atom. The first kappa shape index (κ1) is 14.6.